The van der Waals surface area contributed by atoms with E-state index in [-0.39, 0.29) is 46.4 Å². The third-order valence-electron chi connectivity index (χ3n) is 4.84. The molecule has 0 bridgehead atoms. The molecule has 2 heterocycles. The van der Waals surface area contributed by atoms with Crippen LogP contribution in [0.15, 0.2) is 53.7 Å². The zero-order valence-corrected chi connectivity index (χ0v) is 19.9. The van der Waals surface area contributed by atoms with Crippen LogP contribution in [0.3, 0.4) is 0 Å². The molecule has 0 aliphatic carbocycles. The lowest BCUT2D eigenvalue weighted by Crippen LogP contribution is -2.54. The van der Waals surface area contributed by atoms with Crippen molar-refractivity contribution in [2.24, 2.45) is 0 Å². The second-order valence-corrected chi connectivity index (χ2v) is 10.2. The van der Waals surface area contributed by atoms with Gasteiger partial charge >= 0.3 is 6.36 Å². The van der Waals surface area contributed by atoms with Crippen molar-refractivity contribution in [3.8, 4) is 5.75 Å². The van der Waals surface area contributed by atoms with E-state index in [1.54, 1.807) is 12.1 Å². The Morgan fingerprint density at radius 2 is 1.91 bits per heavy atom. The largest absolute Gasteiger partial charge is 0.573 e. The van der Waals surface area contributed by atoms with Crippen LogP contribution in [0.5, 0.6) is 5.75 Å². The summed E-state index contributed by atoms with van der Waals surface area (Å²) in [5.41, 5.74) is 0.860. The van der Waals surface area contributed by atoms with Gasteiger partial charge in [0.25, 0.3) is 15.9 Å². The first kappa shape index (κ1) is 25.2. The van der Waals surface area contributed by atoms with Gasteiger partial charge in [0.1, 0.15) is 12.1 Å². The van der Waals surface area contributed by atoms with Crippen LogP contribution >= 0.6 is 23.1 Å². The Kier molecular flexibility index (Phi) is 7.17. The predicted molar refractivity (Wildman–Crippen MR) is 120 cm³/mol. The number of ether oxygens (including phenoxy) is 2. The zero-order valence-electron chi connectivity index (χ0n) is 17.5. The molecule has 15 heteroatoms. The Morgan fingerprint density at radius 3 is 2.51 bits per heavy atom. The number of halogens is 4. The molecule has 1 fully saturated rings. The number of rotatable bonds is 8. The minimum Gasteiger partial charge on any atom is -0.404 e. The van der Waals surface area contributed by atoms with Gasteiger partial charge in [-0.2, -0.15) is 4.37 Å². The van der Waals surface area contributed by atoms with Crippen molar-refractivity contribution in [3.05, 3.63) is 64.9 Å². The van der Waals surface area contributed by atoms with Gasteiger partial charge in [0.05, 0.1) is 22.6 Å². The Hall–Kier alpha value is -2.94. The molecule has 35 heavy (non-hydrogen) atoms. The number of anilines is 1. The molecule has 9 nitrogen and oxygen atoms in total. The van der Waals surface area contributed by atoms with Gasteiger partial charge < -0.3 is 14.4 Å². The molecule has 1 amide bonds. The van der Waals surface area contributed by atoms with E-state index < -0.39 is 28.0 Å². The summed E-state index contributed by atoms with van der Waals surface area (Å²) in [5, 5.41) is -0.167. The van der Waals surface area contributed by atoms with Crippen molar-refractivity contribution in [3.63, 3.8) is 0 Å². The van der Waals surface area contributed by atoms with Crippen LogP contribution in [0.4, 0.5) is 18.3 Å². The van der Waals surface area contributed by atoms with Crippen molar-refractivity contribution in [2.45, 2.75) is 24.0 Å². The number of carbonyl (C=O) groups excluding carboxylic acids is 1. The summed E-state index contributed by atoms with van der Waals surface area (Å²) in [4.78, 5) is 17.8. The average Bonchev–Trinajstić information content (AvgIpc) is 3.25. The fraction of sp³-hybridized carbons (Fsp3) is 0.250. The molecular weight excluding hydrogens is 533 g/mol. The lowest BCUT2D eigenvalue weighted by atomic mass is 10.1. The van der Waals surface area contributed by atoms with E-state index in [9.17, 15) is 26.4 Å². The highest BCUT2D eigenvalue weighted by atomic mass is 35.5. The molecule has 0 spiro atoms. The summed E-state index contributed by atoms with van der Waals surface area (Å²) in [6.45, 7) is 0.775. The molecular formula is C20H16ClF3N4O5S2. The molecule has 4 rings (SSSR count). The number of benzene rings is 2. The topological polar surface area (TPSA) is 111 Å². The maximum absolute atomic E-state index is 12.5. The Labute approximate surface area is 206 Å². The van der Waals surface area contributed by atoms with Crippen LogP contribution in [0.25, 0.3) is 0 Å². The highest BCUT2D eigenvalue weighted by Crippen LogP contribution is 2.31. The van der Waals surface area contributed by atoms with Crippen LogP contribution in [0.2, 0.25) is 5.02 Å². The SMILES string of the molecule is O=C(c1ccc(OC(F)(F)F)c(Cl)c1)N1CC(OCc2ccc(S(=O)(=O)Nc3ncns3)cc2)C1. The van der Waals surface area contributed by atoms with E-state index in [4.69, 9.17) is 16.3 Å². The highest BCUT2D eigenvalue weighted by Gasteiger charge is 2.34. The molecule has 2 aromatic carbocycles. The van der Waals surface area contributed by atoms with E-state index >= 15 is 0 Å². The van der Waals surface area contributed by atoms with Gasteiger partial charge in [0, 0.05) is 30.2 Å². The summed E-state index contributed by atoms with van der Waals surface area (Å²) in [5.74, 6) is -0.988. The van der Waals surface area contributed by atoms with Crippen molar-refractivity contribution < 1.29 is 35.9 Å². The number of hydrogen-bond acceptors (Lipinski definition) is 8. The lowest BCUT2D eigenvalue weighted by Gasteiger charge is -2.39. The van der Waals surface area contributed by atoms with Crippen LogP contribution in [0, 0.1) is 0 Å². The number of hydrogen-bond donors (Lipinski definition) is 1. The van der Waals surface area contributed by atoms with Gasteiger partial charge in [-0.15, -0.1) is 13.2 Å². The standard InChI is InChI=1S/C20H16ClF3N4O5S2/c21-16-7-13(3-6-17(16)33-20(22,23)24)18(29)28-8-14(9-28)32-10-12-1-4-15(5-2-12)35(30,31)27-19-25-11-26-34-19/h1-7,11,14H,8-10H2,(H,25,26,27). The van der Waals surface area contributed by atoms with Crippen molar-refractivity contribution in [2.75, 3.05) is 17.8 Å². The molecule has 1 aromatic heterocycles. The van der Waals surface area contributed by atoms with Crippen molar-refractivity contribution in [1.82, 2.24) is 14.3 Å². The predicted octanol–water partition coefficient (Wildman–Crippen LogP) is 3.93. The normalized spacial score (nSPS) is 14.5. The van der Waals surface area contributed by atoms with E-state index in [1.165, 1.54) is 29.4 Å². The third kappa shape index (κ3) is 6.39. The monoisotopic (exact) mass is 548 g/mol. The minimum absolute atomic E-state index is 0.0576. The number of alkyl halides is 3. The van der Waals surface area contributed by atoms with Gasteiger partial charge in [-0.25, -0.2) is 13.4 Å². The summed E-state index contributed by atoms with van der Waals surface area (Å²) in [6, 6.07) is 9.42. The van der Waals surface area contributed by atoms with Crippen LogP contribution in [0.1, 0.15) is 15.9 Å². The van der Waals surface area contributed by atoms with Crippen molar-refractivity contribution in [1.29, 1.82) is 0 Å². The summed E-state index contributed by atoms with van der Waals surface area (Å²) in [6.07, 6.45) is -3.89. The highest BCUT2D eigenvalue weighted by molar-refractivity contribution is 7.93. The van der Waals surface area contributed by atoms with Crippen LogP contribution < -0.4 is 9.46 Å². The second kappa shape index (κ2) is 9.97. The fourth-order valence-electron chi connectivity index (χ4n) is 3.10. The molecule has 1 saturated heterocycles. The molecule has 0 unspecified atom stereocenters. The summed E-state index contributed by atoms with van der Waals surface area (Å²) in [7, 11) is -3.78. The third-order valence-corrected chi connectivity index (χ3v) is 7.20. The van der Waals surface area contributed by atoms with Gasteiger partial charge in [-0.1, -0.05) is 23.7 Å². The molecule has 3 aromatic rings. The molecule has 0 saturated carbocycles. The number of nitrogens with one attached hydrogen (secondary N) is 1. The van der Waals surface area contributed by atoms with E-state index in [1.807, 2.05) is 0 Å². The maximum atomic E-state index is 12.5. The second-order valence-electron chi connectivity index (χ2n) is 7.33. The van der Waals surface area contributed by atoms with E-state index in [2.05, 4.69) is 18.8 Å². The van der Waals surface area contributed by atoms with E-state index in [0.717, 1.165) is 29.2 Å². The number of likely N-dealkylation sites (tertiary alicyclic amines) is 1. The zero-order chi connectivity index (χ0) is 25.2. The van der Waals surface area contributed by atoms with Gasteiger partial charge in [-0.3, -0.25) is 9.52 Å². The lowest BCUT2D eigenvalue weighted by molar-refractivity contribution is -0.274. The Morgan fingerprint density at radius 1 is 1.20 bits per heavy atom. The fourth-order valence-corrected chi connectivity index (χ4v) is 4.98. The molecule has 1 aliphatic heterocycles. The quantitative estimate of drug-likeness (QED) is 0.454. The maximum Gasteiger partial charge on any atom is 0.573 e. The first-order valence-electron chi connectivity index (χ1n) is 9.85. The number of amides is 1. The number of aromatic nitrogens is 2. The minimum atomic E-state index is -4.89. The first-order valence-corrected chi connectivity index (χ1v) is 12.5. The van der Waals surface area contributed by atoms with Crippen LogP contribution in [-0.4, -0.2) is 54.1 Å². The smallest absolute Gasteiger partial charge is 0.404 e. The average molecular weight is 549 g/mol. The summed E-state index contributed by atoms with van der Waals surface area (Å²) >= 11 is 6.72. The molecule has 0 atom stereocenters. The van der Waals surface area contributed by atoms with Gasteiger partial charge in [-0.05, 0) is 35.9 Å². The Balaban J connectivity index is 1.26. The summed E-state index contributed by atoms with van der Waals surface area (Å²) < 4.78 is 77.3. The molecule has 186 valence electrons. The van der Waals surface area contributed by atoms with Gasteiger partial charge in [0.15, 0.2) is 0 Å². The van der Waals surface area contributed by atoms with Crippen molar-refractivity contribution >= 4 is 44.2 Å². The van der Waals surface area contributed by atoms with Gasteiger partial charge in [0.2, 0.25) is 5.13 Å². The molecule has 1 N–H and O–H groups in total. The number of nitrogens with zero attached hydrogens (tertiary/aromatic N) is 3. The number of carbonyl (C=O) groups is 1. The molecule has 1 aliphatic rings. The first-order chi connectivity index (χ1) is 16.5. The molecule has 0 radical (unpaired) electrons. The Bertz CT molecular complexity index is 1300. The van der Waals surface area contributed by atoms with Crippen LogP contribution in [-0.2, 0) is 21.4 Å². The number of sulfonamides is 1. The van der Waals surface area contributed by atoms with E-state index in [0.29, 0.717) is 0 Å².